The molecule has 4 nitrogen and oxygen atoms in total. The van der Waals surface area contributed by atoms with Gasteiger partial charge in [-0.1, -0.05) is 13.8 Å². The van der Waals surface area contributed by atoms with Crippen molar-refractivity contribution in [3.05, 3.63) is 29.8 Å². The van der Waals surface area contributed by atoms with Gasteiger partial charge in [0.05, 0.1) is 0 Å². The number of amides is 1. The molecule has 5 heteroatoms. The summed E-state index contributed by atoms with van der Waals surface area (Å²) in [4.78, 5) is 14.3. The van der Waals surface area contributed by atoms with E-state index in [9.17, 15) is 9.35 Å². The number of primary amides is 1. The smallest absolute Gasteiger partial charge is 0.248 e. The molecule has 0 aliphatic carbocycles. The van der Waals surface area contributed by atoms with Gasteiger partial charge >= 0.3 is 0 Å². The van der Waals surface area contributed by atoms with Crippen molar-refractivity contribution in [3.63, 3.8) is 0 Å². The minimum Gasteiger partial charge on any atom is -0.611 e. The number of nitrogens with two attached hydrogens (primary N) is 1. The molecule has 0 aromatic heterocycles. The highest BCUT2D eigenvalue weighted by atomic mass is 32.2. The molecule has 1 unspecified atom stereocenters. The van der Waals surface area contributed by atoms with Crippen LogP contribution in [0.4, 0.5) is 0 Å². The van der Waals surface area contributed by atoms with Gasteiger partial charge in [-0.2, -0.15) is 0 Å². The topological polar surface area (TPSA) is 69.4 Å². The third-order valence-corrected chi connectivity index (χ3v) is 5.65. The van der Waals surface area contributed by atoms with Crippen molar-refractivity contribution >= 4 is 17.1 Å². The Balaban J connectivity index is 1.92. The fourth-order valence-electron chi connectivity index (χ4n) is 2.77. The van der Waals surface area contributed by atoms with Crippen LogP contribution in [0.1, 0.15) is 37.0 Å². The summed E-state index contributed by atoms with van der Waals surface area (Å²) in [6.45, 7) is 7.61. The Bertz CT molecular complexity index is 468. The summed E-state index contributed by atoms with van der Waals surface area (Å²) in [6, 6.07) is 6.83. The maximum absolute atomic E-state index is 12.6. The largest absolute Gasteiger partial charge is 0.611 e. The van der Waals surface area contributed by atoms with Crippen molar-refractivity contribution in [2.75, 3.05) is 19.6 Å². The van der Waals surface area contributed by atoms with Crippen LogP contribution in [-0.2, 0) is 11.2 Å². The van der Waals surface area contributed by atoms with E-state index in [1.807, 2.05) is 0 Å². The van der Waals surface area contributed by atoms with E-state index in [4.69, 9.17) is 5.73 Å². The van der Waals surface area contributed by atoms with E-state index < -0.39 is 17.1 Å². The Hall–Kier alpha value is -1.04. The van der Waals surface area contributed by atoms with Crippen molar-refractivity contribution < 1.29 is 9.35 Å². The van der Waals surface area contributed by atoms with E-state index in [-0.39, 0.29) is 5.25 Å². The van der Waals surface area contributed by atoms with E-state index >= 15 is 0 Å². The highest BCUT2D eigenvalue weighted by Gasteiger charge is 2.29. The van der Waals surface area contributed by atoms with Gasteiger partial charge in [0.2, 0.25) is 5.91 Å². The number of carbonyl (C=O) groups is 1. The fraction of sp³-hybridized carbons (Fsp3) is 0.562. The SMILES string of the molecule is CC(C)CN1CCC([S+]([O-])c2ccc(C(N)=O)cc2)CC1. The number of benzene rings is 1. The summed E-state index contributed by atoms with van der Waals surface area (Å²) in [7, 11) is 0. The number of hydrogen-bond acceptors (Lipinski definition) is 3. The Morgan fingerprint density at radius 2 is 1.90 bits per heavy atom. The first-order chi connectivity index (χ1) is 9.97. The van der Waals surface area contributed by atoms with Crippen LogP contribution in [0, 0.1) is 5.92 Å². The standard InChI is InChI=1S/C16H24N2O2S/c1-12(2)11-18-9-7-15(8-10-18)21(20)14-5-3-13(4-6-14)16(17)19/h3-6,12,15H,7-11H2,1-2H3,(H2,17,19). The third-order valence-electron chi connectivity index (χ3n) is 3.83. The Kier molecular flexibility index (Phi) is 5.67. The summed E-state index contributed by atoms with van der Waals surface area (Å²) in [5.41, 5.74) is 5.68. The molecule has 1 atom stereocenters. The number of carbonyl (C=O) groups excluding carboxylic acids is 1. The molecule has 1 aliphatic heterocycles. The summed E-state index contributed by atoms with van der Waals surface area (Å²) < 4.78 is 12.6. The quantitative estimate of drug-likeness (QED) is 0.846. The molecule has 1 aromatic rings. The molecule has 21 heavy (non-hydrogen) atoms. The number of piperidine rings is 1. The molecule has 1 aliphatic rings. The maximum atomic E-state index is 12.6. The minimum atomic E-state index is -0.998. The van der Waals surface area contributed by atoms with Gasteiger partial charge in [0, 0.05) is 38.0 Å². The highest BCUT2D eigenvalue weighted by Crippen LogP contribution is 2.25. The first-order valence-corrected chi connectivity index (χ1v) is 8.71. The molecule has 1 fully saturated rings. The van der Waals surface area contributed by atoms with Crippen LogP contribution >= 0.6 is 0 Å². The average Bonchev–Trinajstić information content (AvgIpc) is 2.47. The minimum absolute atomic E-state index is 0.216. The zero-order chi connectivity index (χ0) is 15.4. The summed E-state index contributed by atoms with van der Waals surface area (Å²) in [5, 5.41) is 0.216. The number of likely N-dealkylation sites (tertiary alicyclic amines) is 1. The van der Waals surface area contributed by atoms with Crippen LogP contribution in [-0.4, -0.2) is 40.2 Å². The Morgan fingerprint density at radius 3 is 2.38 bits per heavy atom. The molecule has 0 saturated carbocycles. The fourth-order valence-corrected chi connectivity index (χ4v) is 4.20. The van der Waals surface area contributed by atoms with Gasteiger partial charge < -0.3 is 15.2 Å². The van der Waals surface area contributed by atoms with Gasteiger partial charge in [0.15, 0.2) is 4.90 Å². The van der Waals surface area contributed by atoms with Crippen LogP contribution in [0.15, 0.2) is 29.2 Å². The van der Waals surface area contributed by atoms with Crippen molar-refractivity contribution in [1.82, 2.24) is 4.90 Å². The number of nitrogens with zero attached hydrogens (tertiary/aromatic N) is 1. The van der Waals surface area contributed by atoms with Crippen LogP contribution in [0.2, 0.25) is 0 Å². The monoisotopic (exact) mass is 308 g/mol. The normalized spacial score (nSPS) is 18.9. The van der Waals surface area contributed by atoms with Gasteiger partial charge in [0.25, 0.3) is 0 Å². The molecule has 1 amide bonds. The van der Waals surface area contributed by atoms with E-state index in [0.29, 0.717) is 11.5 Å². The summed E-state index contributed by atoms with van der Waals surface area (Å²) >= 11 is -0.998. The Morgan fingerprint density at radius 1 is 1.33 bits per heavy atom. The number of hydrogen-bond donors (Lipinski definition) is 1. The summed E-state index contributed by atoms with van der Waals surface area (Å²) in [5.74, 6) is 0.225. The lowest BCUT2D eigenvalue weighted by Crippen LogP contribution is -2.40. The summed E-state index contributed by atoms with van der Waals surface area (Å²) in [6.07, 6.45) is 1.94. The van der Waals surface area contributed by atoms with Crippen LogP contribution in [0.3, 0.4) is 0 Å². The zero-order valence-electron chi connectivity index (χ0n) is 12.7. The highest BCUT2D eigenvalue weighted by molar-refractivity contribution is 7.92. The van der Waals surface area contributed by atoms with Gasteiger partial charge in [-0.25, -0.2) is 0 Å². The molecule has 2 N–H and O–H groups in total. The Labute approximate surface area is 129 Å². The lowest BCUT2D eigenvalue weighted by Gasteiger charge is -2.33. The molecule has 1 saturated heterocycles. The van der Waals surface area contributed by atoms with Gasteiger partial charge in [-0.3, -0.25) is 4.79 Å². The molecule has 0 radical (unpaired) electrons. The zero-order valence-corrected chi connectivity index (χ0v) is 13.6. The van der Waals surface area contributed by atoms with E-state index in [1.165, 1.54) is 0 Å². The first kappa shape index (κ1) is 16.3. The van der Waals surface area contributed by atoms with Crippen LogP contribution in [0.5, 0.6) is 0 Å². The van der Waals surface area contributed by atoms with Crippen LogP contribution in [0.25, 0.3) is 0 Å². The van der Waals surface area contributed by atoms with Crippen molar-refractivity contribution in [1.29, 1.82) is 0 Å². The maximum Gasteiger partial charge on any atom is 0.248 e. The lowest BCUT2D eigenvalue weighted by atomic mass is 10.1. The van der Waals surface area contributed by atoms with Gasteiger partial charge in [-0.15, -0.1) is 0 Å². The van der Waals surface area contributed by atoms with Gasteiger partial charge in [-0.05, 0) is 41.4 Å². The predicted molar refractivity (Wildman–Crippen MR) is 85.7 cm³/mol. The van der Waals surface area contributed by atoms with E-state index in [2.05, 4.69) is 18.7 Å². The molecular formula is C16H24N2O2S. The van der Waals surface area contributed by atoms with E-state index in [1.54, 1.807) is 24.3 Å². The second-order valence-electron chi connectivity index (χ2n) is 6.08. The predicted octanol–water partition coefficient (Wildman–Crippen LogP) is 2.01. The second kappa shape index (κ2) is 7.29. The molecule has 116 valence electrons. The first-order valence-electron chi connectivity index (χ1n) is 7.50. The molecule has 1 heterocycles. The third kappa shape index (κ3) is 4.46. The van der Waals surface area contributed by atoms with Crippen molar-refractivity contribution in [2.45, 2.75) is 36.8 Å². The average molecular weight is 308 g/mol. The molecular weight excluding hydrogens is 284 g/mol. The van der Waals surface area contributed by atoms with Crippen molar-refractivity contribution in [3.8, 4) is 0 Å². The van der Waals surface area contributed by atoms with E-state index in [0.717, 1.165) is 37.4 Å². The lowest BCUT2D eigenvalue weighted by molar-refractivity contribution is 0.1000. The second-order valence-corrected chi connectivity index (χ2v) is 7.81. The number of rotatable bonds is 5. The van der Waals surface area contributed by atoms with Crippen molar-refractivity contribution in [2.24, 2.45) is 11.7 Å². The molecule has 0 spiro atoms. The molecule has 0 bridgehead atoms. The molecule has 1 aromatic carbocycles. The van der Waals surface area contributed by atoms with Crippen LogP contribution < -0.4 is 5.73 Å². The molecule has 2 rings (SSSR count). The van der Waals surface area contributed by atoms with Gasteiger partial charge in [0.1, 0.15) is 5.25 Å².